The lowest BCUT2D eigenvalue weighted by Crippen LogP contribution is -2.00. The van der Waals surface area contributed by atoms with E-state index in [1.165, 1.54) is 6.07 Å². The standard InChI is InChI=1S/C17H14F2N2/c1-12-20-17(15-9-14(18)7-8-16(15)19)11-21(12)10-13-5-3-2-4-6-13/h2-9,11H,10H2,1H3. The molecule has 4 heteroatoms. The fraction of sp³-hybridized carbons (Fsp3) is 0.118. The van der Waals surface area contributed by atoms with Crippen LogP contribution in [0, 0.1) is 18.6 Å². The maximum absolute atomic E-state index is 13.8. The van der Waals surface area contributed by atoms with Gasteiger partial charge in [-0.3, -0.25) is 0 Å². The normalized spacial score (nSPS) is 10.8. The average molecular weight is 284 g/mol. The summed E-state index contributed by atoms with van der Waals surface area (Å²) in [7, 11) is 0. The first kappa shape index (κ1) is 13.5. The number of hydrogen-bond donors (Lipinski definition) is 0. The number of halogens is 2. The number of aromatic nitrogens is 2. The topological polar surface area (TPSA) is 17.8 Å². The molecule has 0 fully saturated rings. The summed E-state index contributed by atoms with van der Waals surface area (Å²) in [5, 5.41) is 0. The molecule has 0 aliphatic rings. The average Bonchev–Trinajstić information content (AvgIpc) is 2.84. The van der Waals surface area contributed by atoms with Crippen molar-refractivity contribution in [3.05, 3.63) is 77.8 Å². The summed E-state index contributed by atoms with van der Waals surface area (Å²) in [6, 6.07) is 13.3. The van der Waals surface area contributed by atoms with E-state index in [9.17, 15) is 8.78 Å². The Kier molecular flexibility index (Phi) is 3.52. The van der Waals surface area contributed by atoms with Gasteiger partial charge in [-0.2, -0.15) is 0 Å². The van der Waals surface area contributed by atoms with Gasteiger partial charge in [-0.1, -0.05) is 30.3 Å². The predicted molar refractivity (Wildman–Crippen MR) is 77.9 cm³/mol. The molecule has 0 saturated carbocycles. The number of nitrogens with zero attached hydrogens (tertiary/aromatic N) is 2. The van der Waals surface area contributed by atoms with Crippen molar-refractivity contribution < 1.29 is 8.78 Å². The molecule has 3 aromatic rings. The van der Waals surface area contributed by atoms with Gasteiger partial charge in [0.1, 0.15) is 17.5 Å². The van der Waals surface area contributed by atoms with Crippen molar-refractivity contribution in [1.29, 1.82) is 0 Å². The molecule has 2 nitrogen and oxygen atoms in total. The Hall–Kier alpha value is -2.49. The molecule has 21 heavy (non-hydrogen) atoms. The van der Waals surface area contributed by atoms with Gasteiger partial charge in [0.25, 0.3) is 0 Å². The first-order valence-electron chi connectivity index (χ1n) is 6.66. The summed E-state index contributed by atoms with van der Waals surface area (Å²) >= 11 is 0. The van der Waals surface area contributed by atoms with Crippen LogP contribution in [0.2, 0.25) is 0 Å². The van der Waals surface area contributed by atoms with Crippen LogP contribution in [0.15, 0.2) is 54.7 Å². The summed E-state index contributed by atoms with van der Waals surface area (Å²) < 4.78 is 29.0. The molecule has 1 heterocycles. The van der Waals surface area contributed by atoms with Crippen molar-refractivity contribution in [1.82, 2.24) is 9.55 Å². The first-order chi connectivity index (χ1) is 10.1. The molecule has 0 radical (unpaired) electrons. The van der Waals surface area contributed by atoms with E-state index in [0.717, 1.165) is 23.5 Å². The Labute approximate surface area is 121 Å². The summed E-state index contributed by atoms with van der Waals surface area (Å²) in [4.78, 5) is 4.34. The van der Waals surface area contributed by atoms with Crippen LogP contribution < -0.4 is 0 Å². The van der Waals surface area contributed by atoms with Gasteiger partial charge < -0.3 is 4.57 Å². The SMILES string of the molecule is Cc1nc(-c2cc(F)ccc2F)cn1Cc1ccccc1. The second kappa shape index (κ2) is 5.48. The highest BCUT2D eigenvalue weighted by Crippen LogP contribution is 2.23. The molecule has 2 aromatic carbocycles. The summed E-state index contributed by atoms with van der Waals surface area (Å²) in [5.74, 6) is -0.181. The largest absolute Gasteiger partial charge is 0.330 e. The van der Waals surface area contributed by atoms with Gasteiger partial charge >= 0.3 is 0 Å². The van der Waals surface area contributed by atoms with Crippen molar-refractivity contribution in [3.63, 3.8) is 0 Å². The number of imidazole rings is 1. The Morgan fingerprint density at radius 1 is 1.05 bits per heavy atom. The lowest BCUT2D eigenvalue weighted by atomic mass is 10.1. The van der Waals surface area contributed by atoms with E-state index in [1.54, 1.807) is 6.20 Å². The zero-order valence-electron chi connectivity index (χ0n) is 11.6. The van der Waals surface area contributed by atoms with Crippen LogP contribution in [-0.4, -0.2) is 9.55 Å². The number of aryl methyl sites for hydroxylation is 1. The molecule has 106 valence electrons. The Morgan fingerprint density at radius 3 is 2.57 bits per heavy atom. The van der Waals surface area contributed by atoms with Crippen molar-refractivity contribution in [2.75, 3.05) is 0 Å². The lowest BCUT2D eigenvalue weighted by molar-refractivity contribution is 0.602. The molecule has 1 aromatic heterocycles. The second-order valence-electron chi connectivity index (χ2n) is 4.91. The molecular weight excluding hydrogens is 270 g/mol. The Morgan fingerprint density at radius 2 is 1.81 bits per heavy atom. The monoisotopic (exact) mass is 284 g/mol. The van der Waals surface area contributed by atoms with E-state index in [4.69, 9.17) is 0 Å². The molecular formula is C17H14F2N2. The lowest BCUT2D eigenvalue weighted by Gasteiger charge is -2.04. The molecule has 0 bridgehead atoms. The van der Waals surface area contributed by atoms with Crippen LogP contribution in [0.1, 0.15) is 11.4 Å². The van der Waals surface area contributed by atoms with Gasteiger partial charge in [0.05, 0.1) is 5.69 Å². The van der Waals surface area contributed by atoms with Gasteiger partial charge in [0, 0.05) is 18.3 Å². The van der Waals surface area contributed by atoms with E-state index in [-0.39, 0.29) is 5.56 Å². The highest BCUT2D eigenvalue weighted by atomic mass is 19.1. The Balaban J connectivity index is 1.96. The fourth-order valence-electron chi connectivity index (χ4n) is 2.27. The van der Waals surface area contributed by atoms with Crippen molar-refractivity contribution in [2.24, 2.45) is 0 Å². The van der Waals surface area contributed by atoms with E-state index in [2.05, 4.69) is 4.98 Å². The third-order valence-electron chi connectivity index (χ3n) is 3.38. The summed E-state index contributed by atoms with van der Waals surface area (Å²) in [5.41, 5.74) is 1.76. The summed E-state index contributed by atoms with van der Waals surface area (Å²) in [6.07, 6.45) is 1.75. The van der Waals surface area contributed by atoms with Gasteiger partial charge in [-0.15, -0.1) is 0 Å². The number of hydrogen-bond acceptors (Lipinski definition) is 1. The quantitative estimate of drug-likeness (QED) is 0.705. The van der Waals surface area contributed by atoms with Crippen LogP contribution in [0.25, 0.3) is 11.3 Å². The van der Waals surface area contributed by atoms with E-state index >= 15 is 0 Å². The van der Waals surface area contributed by atoms with Gasteiger partial charge in [-0.25, -0.2) is 13.8 Å². The molecule has 0 amide bonds. The predicted octanol–water partition coefficient (Wildman–Crippen LogP) is 4.19. The molecule has 0 saturated heterocycles. The van der Waals surface area contributed by atoms with Crippen LogP contribution in [-0.2, 0) is 6.54 Å². The van der Waals surface area contributed by atoms with Crippen molar-refractivity contribution in [3.8, 4) is 11.3 Å². The zero-order valence-corrected chi connectivity index (χ0v) is 11.6. The van der Waals surface area contributed by atoms with Gasteiger partial charge in [0.2, 0.25) is 0 Å². The molecule has 0 unspecified atom stereocenters. The molecule has 0 atom stereocenters. The molecule has 0 N–H and O–H groups in total. The first-order valence-corrected chi connectivity index (χ1v) is 6.66. The second-order valence-corrected chi connectivity index (χ2v) is 4.91. The third kappa shape index (κ3) is 2.84. The fourth-order valence-corrected chi connectivity index (χ4v) is 2.27. The number of benzene rings is 2. The smallest absolute Gasteiger partial charge is 0.132 e. The summed E-state index contributed by atoms with van der Waals surface area (Å²) in [6.45, 7) is 2.50. The minimum atomic E-state index is -0.472. The van der Waals surface area contributed by atoms with Crippen LogP contribution in [0.3, 0.4) is 0 Å². The molecule has 0 spiro atoms. The van der Waals surface area contributed by atoms with E-state index in [0.29, 0.717) is 12.2 Å². The maximum Gasteiger partial charge on any atom is 0.132 e. The number of rotatable bonds is 3. The van der Waals surface area contributed by atoms with E-state index in [1.807, 2.05) is 41.8 Å². The van der Waals surface area contributed by atoms with Crippen LogP contribution in [0.5, 0.6) is 0 Å². The van der Waals surface area contributed by atoms with E-state index < -0.39 is 11.6 Å². The van der Waals surface area contributed by atoms with Gasteiger partial charge in [-0.05, 0) is 30.7 Å². The molecule has 3 rings (SSSR count). The minimum absolute atomic E-state index is 0.185. The van der Waals surface area contributed by atoms with Gasteiger partial charge in [0.15, 0.2) is 0 Å². The zero-order chi connectivity index (χ0) is 14.8. The van der Waals surface area contributed by atoms with Crippen LogP contribution in [0.4, 0.5) is 8.78 Å². The van der Waals surface area contributed by atoms with Crippen molar-refractivity contribution >= 4 is 0 Å². The highest BCUT2D eigenvalue weighted by Gasteiger charge is 2.12. The Bertz CT molecular complexity index is 764. The maximum atomic E-state index is 13.8. The highest BCUT2D eigenvalue weighted by molar-refractivity contribution is 5.59. The van der Waals surface area contributed by atoms with Crippen LogP contribution >= 0.6 is 0 Å². The molecule has 0 aliphatic heterocycles. The molecule has 0 aliphatic carbocycles. The minimum Gasteiger partial charge on any atom is -0.330 e. The van der Waals surface area contributed by atoms with Crippen molar-refractivity contribution in [2.45, 2.75) is 13.5 Å². The third-order valence-corrected chi connectivity index (χ3v) is 3.38.